The maximum absolute atomic E-state index is 12.0. The number of aromatic carboxylic acids is 1. The first kappa shape index (κ1) is 39.8. The second-order valence-electron chi connectivity index (χ2n) is 17.5. The summed E-state index contributed by atoms with van der Waals surface area (Å²) in [4.78, 5) is 11.3. The molecule has 0 heterocycles. The molecule has 2 aliphatic carbocycles. The molecule has 4 aromatic rings. The zero-order valence-corrected chi connectivity index (χ0v) is 34.1. The number of rotatable bonds is 5. The van der Waals surface area contributed by atoms with Gasteiger partial charge in [0.15, 0.2) is 9.84 Å². The third-order valence-corrected chi connectivity index (χ3v) is 13.4. The number of carboxylic acids is 1. The lowest BCUT2D eigenvalue weighted by molar-refractivity contribution is 0.0697. The summed E-state index contributed by atoms with van der Waals surface area (Å²) >= 11 is 0. The van der Waals surface area contributed by atoms with Crippen molar-refractivity contribution in [3.05, 3.63) is 135 Å². The SMILES string of the molecule is CC1(C)CCC(C)(C)c2cc(C#Cc3ccc(C(=O)O)cc3)ccc21.CCS(=O)(=O)c1ccc(C=C(C)c2ccc3c(c2)C(C)(C)CCC3(C)C)cc1. The molecule has 1 N–H and O–H groups in total. The molecule has 0 bridgehead atoms. The van der Waals surface area contributed by atoms with E-state index in [2.05, 4.69) is 117 Å². The molecule has 0 aromatic heterocycles. The Kier molecular flexibility index (Phi) is 11.1. The second-order valence-corrected chi connectivity index (χ2v) is 19.8. The number of carboxylic acid groups (broad SMARTS) is 1. The monoisotopic (exact) mass is 728 g/mol. The Bertz CT molecular complexity index is 2200. The van der Waals surface area contributed by atoms with Gasteiger partial charge in [-0.3, -0.25) is 0 Å². The van der Waals surface area contributed by atoms with Gasteiger partial charge in [-0.1, -0.05) is 117 Å². The molecule has 53 heavy (non-hydrogen) atoms. The van der Waals surface area contributed by atoms with Crippen molar-refractivity contribution >= 4 is 27.5 Å². The quantitative estimate of drug-likeness (QED) is 0.164. The summed E-state index contributed by atoms with van der Waals surface area (Å²) < 4.78 is 24.0. The minimum Gasteiger partial charge on any atom is -0.478 e. The molecule has 4 aromatic carbocycles. The number of hydrogen-bond acceptors (Lipinski definition) is 3. The van der Waals surface area contributed by atoms with Gasteiger partial charge in [-0.25, -0.2) is 13.2 Å². The number of sulfone groups is 1. The molecule has 6 rings (SSSR count). The van der Waals surface area contributed by atoms with E-state index in [4.69, 9.17) is 5.11 Å². The Hall–Kier alpha value is -4.40. The van der Waals surface area contributed by atoms with Gasteiger partial charge in [-0.15, -0.1) is 0 Å². The van der Waals surface area contributed by atoms with Gasteiger partial charge in [0.25, 0.3) is 0 Å². The first-order valence-electron chi connectivity index (χ1n) is 18.8. The van der Waals surface area contributed by atoms with Crippen LogP contribution in [0.5, 0.6) is 0 Å². The van der Waals surface area contributed by atoms with Gasteiger partial charge in [-0.2, -0.15) is 0 Å². The van der Waals surface area contributed by atoms with Gasteiger partial charge in [0.05, 0.1) is 16.2 Å². The van der Waals surface area contributed by atoms with Gasteiger partial charge in [0.1, 0.15) is 0 Å². The summed E-state index contributed by atoms with van der Waals surface area (Å²) in [7, 11) is -3.15. The molecule has 0 saturated heterocycles. The standard InChI is InChI=1S/C25H32O2S.C23H24O2/c1-7-28(26,27)21-11-8-19(9-12-21)16-18(2)20-10-13-22-23(17-20)25(5,6)15-14-24(22,3)4;1-22(2)13-14-23(3,4)20-15-17(9-12-19(20)22)6-5-16-7-10-18(11-8-16)21(24)25/h8-13,16-17H,7,14-15H2,1-6H3;7-12,15H,13-14H2,1-4H3,(H,24,25). The molecule has 0 radical (unpaired) electrons. The molecule has 5 heteroatoms. The van der Waals surface area contributed by atoms with E-state index in [9.17, 15) is 13.2 Å². The molecule has 0 fully saturated rings. The highest BCUT2D eigenvalue weighted by Gasteiger charge is 2.38. The van der Waals surface area contributed by atoms with E-state index >= 15 is 0 Å². The van der Waals surface area contributed by atoms with Gasteiger partial charge in [0.2, 0.25) is 0 Å². The number of benzene rings is 4. The fourth-order valence-corrected chi connectivity index (χ4v) is 8.50. The van der Waals surface area contributed by atoms with Crippen LogP contribution in [0.15, 0.2) is 89.8 Å². The van der Waals surface area contributed by atoms with Gasteiger partial charge >= 0.3 is 5.97 Å². The Balaban J connectivity index is 0.000000206. The lowest BCUT2D eigenvalue weighted by atomic mass is 9.63. The molecule has 0 unspecified atom stereocenters. The zero-order valence-electron chi connectivity index (χ0n) is 33.3. The van der Waals surface area contributed by atoms with Gasteiger partial charge < -0.3 is 5.11 Å². The third-order valence-electron chi connectivity index (χ3n) is 11.6. The molecule has 0 spiro atoms. The number of carbonyl (C=O) groups is 1. The lowest BCUT2D eigenvalue weighted by Gasteiger charge is -2.42. The molecule has 0 saturated carbocycles. The Morgan fingerprint density at radius 3 is 1.57 bits per heavy atom. The lowest BCUT2D eigenvalue weighted by Crippen LogP contribution is -2.33. The van der Waals surface area contributed by atoms with Crippen LogP contribution >= 0.6 is 0 Å². The van der Waals surface area contributed by atoms with Gasteiger partial charge in [-0.05, 0) is 142 Å². The Labute approximate surface area is 318 Å². The topological polar surface area (TPSA) is 71.4 Å². The summed E-state index contributed by atoms with van der Waals surface area (Å²) in [5, 5.41) is 8.95. The van der Waals surface area contributed by atoms with Crippen molar-refractivity contribution in [2.75, 3.05) is 5.75 Å². The Morgan fingerprint density at radius 1 is 0.623 bits per heavy atom. The summed E-state index contributed by atoms with van der Waals surface area (Å²) in [5.74, 6) is 5.58. The van der Waals surface area contributed by atoms with E-state index in [-0.39, 0.29) is 33.0 Å². The van der Waals surface area contributed by atoms with Gasteiger partial charge in [0, 0.05) is 11.1 Å². The molecular formula is C48H56O4S. The first-order valence-corrected chi connectivity index (χ1v) is 20.5. The highest BCUT2D eigenvalue weighted by molar-refractivity contribution is 7.91. The van der Waals surface area contributed by atoms with E-state index in [1.54, 1.807) is 43.3 Å². The predicted octanol–water partition coefficient (Wildman–Crippen LogP) is 11.5. The number of fused-ring (bicyclic) bond motifs is 2. The van der Waals surface area contributed by atoms with E-state index < -0.39 is 15.8 Å². The van der Waals surface area contributed by atoms with Crippen molar-refractivity contribution in [3.8, 4) is 11.8 Å². The van der Waals surface area contributed by atoms with Crippen molar-refractivity contribution in [1.82, 2.24) is 0 Å². The number of hydrogen-bond donors (Lipinski definition) is 1. The van der Waals surface area contributed by atoms with Crippen LogP contribution in [0, 0.1) is 11.8 Å². The van der Waals surface area contributed by atoms with Crippen molar-refractivity contribution < 1.29 is 18.3 Å². The molecule has 0 aliphatic heterocycles. The van der Waals surface area contributed by atoms with Crippen LogP contribution < -0.4 is 0 Å². The highest BCUT2D eigenvalue weighted by atomic mass is 32.2. The van der Waals surface area contributed by atoms with Crippen LogP contribution in [0.4, 0.5) is 0 Å². The average Bonchev–Trinajstić information content (AvgIpc) is 3.12. The van der Waals surface area contributed by atoms with Crippen LogP contribution in [0.3, 0.4) is 0 Å². The van der Waals surface area contributed by atoms with E-state index in [1.807, 2.05) is 12.1 Å². The van der Waals surface area contributed by atoms with Crippen LogP contribution in [0.2, 0.25) is 0 Å². The molecular weight excluding hydrogens is 673 g/mol. The van der Waals surface area contributed by atoms with Crippen molar-refractivity contribution in [2.24, 2.45) is 0 Å². The molecule has 2 aliphatic rings. The van der Waals surface area contributed by atoms with E-state index in [0.29, 0.717) is 4.90 Å². The maximum Gasteiger partial charge on any atom is 0.335 e. The number of allylic oxidation sites excluding steroid dienone is 1. The highest BCUT2D eigenvalue weighted by Crippen LogP contribution is 2.47. The minimum absolute atomic E-state index is 0.127. The first-order chi connectivity index (χ1) is 24.6. The van der Waals surface area contributed by atoms with Crippen molar-refractivity contribution in [3.63, 3.8) is 0 Å². The minimum atomic E-state index is -3.15. The second kappa shape index (κ2) is 14.8. The van der Waals surface area contributed by atoms with Crippen LogP contribution in [-0.4, -0.2) is 25.2 Å². The maximum atomic E-state index is 12.0. The average molecular weight is 729 g/mol. The fourth-order valence-electron chi connectivity index (χ4n) is 7.61. The third kappa shape index (κ3) is 8.88. The molecule has 0 atom stereocenters. The van der Waals surface area contributed by atoms with Crippen LogP contribution in [0.25, 0.3) is 11.6 Å². The summed E-state index contributed by atoms with van der Waals surface area (Å²) in [6.07, 6.45) is 6.93. The van der Waals surface area contributed by atoms with E-state index in [1.165, 1.54) is 59.1 Å². The smallest absolute Gasteiger partial charge is 0.335 e. The molecule has 4 nitrogen and oxygen atoms in total. The largest absolute Gasteiger partial charge is 0.478 e. The van der Waals surface area contributed by atoms with Crippen molar-refractivity contribution in [1.29, 1.82) is 0 Å². The van der Waals surface area contributed by atoms with Crippen molar-refractivity contribution in [2.45, 2.75) is 121 Å². The normalized spacial score (nSPS) is 17.9. The summed E-state index contributed by atoms with van der Waals surface area (Å²) in [6.45, 7) is 22.4. The van der Waals surface area contributed by atoms with Crippen LogP contribution in [0.1, 0.15) is 150 Å². The molecule has 0 amide bonds. The fraction of sp³-hybridized carbons (Fsp3) is 0.396. The van der Waals surface area contributed by atoms with Crippen LogP contribution in [-0.2, 0) is 31.5 Å². The summed E-state index contributed by atoms with van der Waals surface area (Å²) in [5.41, 5.74) is 12.1. The zero-order chi connectivity index (χ0) is 39.0. The summed E-state index contributed by atoms with van der Waals surface area (Å²) in [6, 6.07) is 27.3. The van der Waals surface area contributed by atoms with E-state index in [0.717, 1.165) is 16.7 Å². The predicted molar refractivity (Wildman–Crippen MR) is 221 cm³/mol. The Morgan fingerprint density at radius 2 is 1.06 bits per heavy atom. The molecule has 278 valence electrons.